The maximum atomic E-state index is 9.37. The first kappa shape index (κ1) is 9.63. The quantitative estimate of drug-likeness (QED) is 0.711. The van der Waals surface area contributed by atoms with E-state index in [1.807, 2.05) is 18.2 Å². The standard InChI is InChI=1S/C11H12O2/c1-3-8-13-11-7-5-4-6-10(11)9(2)12/h1,4-7,9,12H,8H2,2H3/t9-/m0/s1. The van der Waals surface area contributed by atoms with Gasteiger partial charge in [0.2, 0.25) is 0 Å². The Morgan fingerprint density at radius 2 is 2.23 bits per heavy atom. The summed E-state index contributed by atoms with van der Waals surface area (Å²) in [5.74, 6) is 3.03. The summed E-state index contributed by atoms with van der Waals surface area (Å²) in [7, 11) is 0. The van der Waals surface area contributed by atoms with Crippen molar-refractivity contribution in [2.45, 2.75) is 13.0 Å². The van der Waals surface area contributed by atoms with E-state index >= 15 is 0 Å². The summed E-state index contributed by atoms with van der Waals surface area (Å²) in [5.41, 5.74) is 0.762. The van der Waals surface area contributed by atoms with Crippen LogP contribution in [-0.4, -0.2) is 11.7 Å². The number of hydrogen-bond acceptors (Lipinski definition) is 2. The second kappa shape index (κ2) is 4.54. The highest BCUT2D eigenvalue weighted by molar-refractivity contribution is 5.34. The molecule has 1 rings (SSSR count). The van der Waals surface area contributed by atoms with E-state index in [0.29, 0.717) is 5.75 Å². The van der Waals surface area contributed by atoms with Gasteiger partial charge in [-0.05, 0) is 13.0 Å². The average molecular weight is 176 g/mol. The van der Waals surface area contributed by atoms with E-state index in [-0.39, 0.29) is 6.61 Å². The van der Waals surface area contributed by atoms with Crippen LogP contribution in [0.2, 0.25) is 0 Å². The largest absolute Gasteiger partial charge is 0.481 e. The number of rotatable bonds is 3. The summed E-state index contributed by atoms with van der Waals surface area (Å²) < 4.78 is 5.25. The molecule has 0 radical (unpaired) electrons. The Morgan fingerprint density at radius 3 is 2.85 bits per heavy atom. The molecular weight excluding hydrogens is 164 g/mol. The van der Waals surface area contributed by atoms with E-state index in [1.165, 1.54) is 0 Å². The molecule has 68 valence electrons. The fourth-order valence-electron chi connectivity index (χ4n) is 1.08. The molecule has 0 spiro atoms. The van der Waals surface area contributed by atoms with Gasteiger partial charge < -0.3 is 9.84 Å². The zero-order valence-electron chi connectivity index (χ0n) is 7.53. The number of ether oxygens (including phenoxy) is 1. The van der Waals surface area contributed by atoms with Crippen LogP contribution in [0.25, 0.3) is 0 Å². The Labute approximate surface area is 78.2 Å². The SMILES string of the molecule is C#CCOc1ccccc1[C@H](C)O. The maximum Gasteiger partial charge on any atom is 0.148 e. The summed E-state index contributed by atoms with van der Waals surface area (Å²) in [4.78, 5) is 0. The first-order chi connectivity index (χ1) is 6.25. The predicted octanol–water partition coefficient (Wildman–Crippen LogP) is 1.75. The highest BCUT2D eigenvalue weighted by atomic mass is 16.5. The van der Waals surface area contributed by atoms with E-state index in [9.17, 15) is 5.11 Å². The van der Waals surface area contributed by atoms with Crippen molar-refractivity contribution in [3.8, 4) is 18.1 Å². The third kappa shape index (κ3) is 2.50. The topological polar surface area (TPSA) is 29.5 Å². The first-order valence-corrected chi connectivity index (χ1v) is 4.09. The molecule has 2 heteroatoms. The molecular formula is C11H12O2. The number of terminal acetylenes is 1. The number of hydrogen-bond donors (Lipinski definition) is 1. The molecule has 0 aliphatic heterocycles. The Bertz CT molecular complexity index is 310. The Balaban J connectivity index is 2.86. The van der Waals surface area contributed by atoms with Gasteiger partial charge in [0.05, 0.1) is 6.10 Å². The van der Waals surface area contributed by atoms with Crippen LogP contribution < -0.4 is 4.74 Å². The van der Waals surface area contributed by atoms with Crippen molar-refractivity contribution in [3.63, 3.8) is 0 Å². The van der Waals surface area contributed by atoms with E-state index in [2.05, 4.69) is 5.92 Å². The normalized spacial score (nSPS) is 11.8. The summed E-state index contributed by atoms with van der Waals surface area (Å²) in [5, 5.41) is 9.37. The highest BCUT2D eigenvalue weighted by Gasteiger charge is 2.06. The van der Waals surface area contributed by atoms with Gasteiger partial charge in [-0.1, -0.05) is 24.1 Å². The molecule has 0 bridgehead atoms. The van der Waals surface area contributed by atoms with Crippen LogP contribution >= 0.6 is 0 Å². The smallest absolute Gasteiger partial charge is 0.148 e. The molecule has 0 fully saturated rings. The Hall–Kier alpha value is -1.46. The molecule has 0 heterocycles. The zero-order valence-corrected chi connectivity index (χ0v) is 7.53. The average Bonchev–Trinajstić information content (AvgIpc) is 2.15. The summed E-state index contributed by atoms with van der Waals surface area (Å²) in [6.07, 6.45) is 4.53. The third-order valence-corrected chi connectivity index (χ3v) is 1.68. The molecule has 1 aromatic carbocycles. The van der Waals surface area contributed by atoms with Crippen LogP contribution in [0.5, 0.6) is 5.75 Å². The maximum absolute atomic E-state index is 9.37. The van der Waals surface area contributed by atoms with Crippen molar-refractivity contribution >= 4 is 0 Å². The zero-order chi connectivity index (χ0) is 9.68. The minimum absolute atomic E-state index is 0.226. The van der Waals surface area contributed by atoms with Crippen LogP contribution in [0.3, 0.4) is 0 Å². The minimum atomic E-state index is -0.533. The summed E-state index contributed by atoms with van der Waals surface area (Å²) in [6, 6.07) is 7.30. The fourth-order valence-corrected chi connectivity index (χ4v) is 1.08. The van der Waals surface area contributed by atoms with Gasteiger partial charge in [0.25, 0.3) is 0 Å². The van der Waals surface area contributed by atoms with Gasteiger partial charge in [0.15, 0.2) is 0 Å². The highest BCUT2D eigenvalue weighted by Crippen LogP contribution is 2.24. The molecule has 0 aromatic heterocycles. The molecule has 0 unspecified atom stereocenters. The molecule has 1 aromatic rings. The second-order valence-electron chi connectivity index (χ2n) is 2.71. The molecule has 0 aliphatic carbocycles. The molecule has 2 nitrogen and oxygen atoms in total. The van der Waals surface area contributed by atoms with E-state index < -0.39 is 6.10 Å². The monoisotopic (exact) mass is 176 g/mol. The lowest BCUT2D eigenvalue weighted by atomic mass is 10.1. The van der Waals surface area contributed by atoms with Gasteiger partial charge in [-0.15, -0.1) is 6.42 Å². The number of para-hydroxylation sites is 1. The number of aliphatic hydroxyl groups is 1. The van der Waals surface area contributed by atoms with E-state index in [1.54, 1.807) is 13.0 Å². The van der Waals surface area contributed by atoms with Crippen molar-refractivity contribution in [2.75, 3.05) is 6.61 Å². The lowest BCUT2D eigenvalue weighted by Gasteiger charge is -2.10. The van der Waals surface area contributed by atoms with Crippen molar-refractivity contribution in [1.29, 1.82) is 0 Å². The first-order valence-electron chi connectivity index (χ1n) is 4.09. The predicted molar refractivity (Wildman–Crippen MR) is 51.4 cm³/mol. The lowest BCUT2D eigenvalue weighted by Crippen LogP contribution is -1.99. The summed E-state index contributed by atoms with van der Waals surface area (Å²) >= 11 is 0. The molecule has 0 saturated carbocycles. The lowest BCUT2D eigenvalue weighted by molar-refractivity contribution is 0.193. The minimum Gasteiger partial charge on any atom is -0.481 e. The molecule has 0 saturated heterocycles. The van der Waals surface area contributed by atoms with Crippen molar-refractivity contribution in [1.82, 2.24) is 0 Å². The van der Waals surface area contributed by atoms with Crippen molar-refractivity contribution < 1.29 is 9.84 Å². The van der Waals surface area contributed by atoms with Gasteiger partial charge in [0, 0.05) is 5.56 Å². The van der Waals surface area contributed by atoms with Gasteiger partial charge in [0.1, 0.15) is 12.4 Å². The molecule has 0 amide bonds. The van der Waals surface area contributed by atoms with Crippen LogP contribution in [0.1, 0.15) is 18.6 Å². The van der Waals surface area contributed by atoms with Crippen LogP contribution in [0, 0.1) is 12.3 Å². The van der Waals surface area contributed by atoms with Crippen LogP contribution in [0.15, 0.2) is 24.3 Å². The number of aliphatic hydroxyl groups excluding tert-OH is 1. The molecule has 1 N–H and O–H groups in total. The molecule has 1 atom stereocenters. The Kier molecular flexibility index (Phi) is 3.36. The van der Waals surface area contributed by atoms with E-state index in [0.717, 1.165) is 5.56 Å². The van der Waals surface area contributed by atoms with Gasteiger partial charge in [-0.25, -0.2) is 0 Å². The van der Waals surface area contributed by atoms with Crippen molar-refractivity contribution in [2.24, 2.45) is 0 Å². The van der Waals surface area contributed by atoms with E-state index in [4.69, 9.17) is 11.2 Å². The molecule has 0 aliphatic rings. The van der Waals surface area contributed by atoms with Crippen LogP contribution in [-0.2, 0) is 0 Å². The summed E-state index contributed by atoms with van der Waals surface area (Å²) in [6.45, 7) is 1.92. The third-order valence-electron chi connectivity index (χ3n) is 1.68. The molecule has 13 heavy (non-hydrogen) atoms. The van der Waals surface area contributed by atoms with Gasteiger partial charge in [-0.2, -0.15) is 0 Å². The van der Waals surface area contributed by atoms with Crippen molar-refractivity contribution in [3.05, 3.63) is 29.8 Å². The van der Waals surface area contributed by atoms with Crippen LogP contribution in [0.4, 0.5) is 0 Å². The number of benzene rings is 1. The second-order valence-corrected chi connectivity index (χ2v) is 2.71. The van der Waals surface area contributed by atoms with Gasteiger partial charge >= 0.3 is 0 Å². The Morgan fingerprint density at radius 1 is 1.54 bits per heavy atom. The fraction of sp³-hybridized carbons (Fsp3) is 0.273. The van der Waals surface area contributed by atoms with Gasteiger partial charge in [-0.3, -0.25) is 0 Å².